The van der Waals surface area contributed by atoms with Crippen molar-refractivity contribution in [2.45, 2.75) is 32.4 Å². The van der Waals surface area contributed by atoms with Gasteiger partial charge < -0.3 is 10.1 Å². The molecule has 0 aromatic rings. The molecule has 2 nitrogen and oxygen atoms in total. The van der Waals surface area contributed by atoms with Crippen molar-refractivity contribution in [1.29, 1.82) is 0 Å². The number of likely N-dealkylation sites (N-methyl/N-ethyl adjacent to an activating group) is 1. The summed E-state index contributed by atoms with van der Waals surface area (Å²) in [5.74, 6) is 2.64. The van der Waals surface area contributed by atoms with Gasteiger partial charge in [-0.15, -0.1) is 6.42 Å². The Morgan fingerprint density at radius 3 is 2.45 bits per heavy atom. The lowest BCUT2D eigenvalue weighted by atomic mass is 10.00. The quantitative estimate of drug-likeness (QED) is 0.612. The molecule has 0 rings (SSSR count). The van der Waals surface area contributed by atoms with Gasteiger partial charge in [0.25, 0.3) is 0 Å². The zero-order valence-electron chi connectivity index (χ0n) is 7.77. The highest BCUT2D eigenvalue weighted by Gasteiger charge is 2.26. The van der Waals surface area contributed by atoms with Gasteiger partial charge in [0.2, 0.25) is 0 Å². The maximum absolute atomic E-state index is 5.47. The molecule has 0 fully saturated rings. The Hall–Kier alpha value is -0.520. The first-order chi connectivity index (χ1) is 5.08. The van der Waals surface area contributed by atoms with Gasteiger partial charge >= 0.3 is 0 Å². The summed E-state index contributed by atoms with van der Waals surface area (Å²) in [6, 6.07) is -0.0255. The van der Waals surface area contributed by atoms with Gasteiger partial charge in [0.15, 0.2) is 0 Å². The summed E-state index contributed by atoms with van der Waals surface area (Å²) in [5, 5.41) is 3.02. The minimum atomic E-state index is -0.280. The fourth-order valence-corrected chi connectivity index (χ4v) is 1.09. The Labute approximate surface area is 69.3 Å². The third kappa shape index (κ3) is 2.92. The molecule has 0 amide bonds. The molecule has 0 spiro atoms. The Kier molecular flexibility index (Phi) is 4.17. The largest absolute Gasteiger partial charge is 0.373 e. The minimum Gasteiger partial charge on any atom is -0.373 e. The van der Waals surface area contributed by atoms with Crippen LogP contribution in [0.5, 0.6) is 0 Å². The van der Waals surface area contributed by atoms with Crippen molar-refractivity contribution in [3.8, 4) is 12.3 Å². The van der Waals surface area contributed by atoms with Gasteiger partial charge in [-0.3, -0.25) is 0 Å². The van der Waals surface area contributed by atoms with E-state index in [0.29, 0.717) is 6.61 Å². The first kappa shape index (κ1) is 10.5. The van der Waals surface area contributed by atoms with E-state index in [0.717, 1.165) is 0 Å². The molecule has 64 valence electrons. The maximum atomic E-state index is 5.47. The summed E-state index contributed by atoms with van der Waals surface area (Å²) in [7, 11) is 1.84. The molecule has 0 aromatic heterocycles. The van der Waals surface area contributed by atoms with Crippen molar-refractivity contribution < 1.29 is 4.74 Å². The molecule has 1 N–H and O–H groups in total. The molecule has 2 heteroatoms. The van der Waals surface area contributed by atoms with E-state index >= 15 is 0 Å². The van der Waals surface area contributed by atoms with Gasteiger partial charge in [-0.1, -0.05) is 5.92 Å². The first-order valence-electron chi connectivity index (χ1n) is 3.85. The van der Waals surface area contributed by atoms with Gasteiger partial charge in [-0.05, 0) is 27.8 Å². The normalized spacial score (nSPS) is 14.1. The molecular weight excluding hydrogens is 138 g/mol. The summed E-state index contributed by atoms with van der Waals surface area (Å²) >= 11 is 0. The highest BCUT2D eigenvalue weighted by atomic mass is 16.5. The van der Waals surface area contributed by atoms with Gasteiger partial charge in [0.1, 0.15) is 0 Å². The molecule has 1 atom stereocenters. The topological polar surface area (TPSA) is 21.3 Å². The van der Waals surface area contributed by atoms with Gasteiger partial charge in [-0.25, -0.2) is 0 Å². The third-order valence-electron chi connectivity index (χ3n) is 1.67. The second kappa shape index (κ2) is 4.38. The molecule has 0 aliphatic rings. The predicted octanol–water partition coefficient (Wildman–Crippen LogP) is 1.02. The highest BCUT2D eigenvalue weighted by molar-refractivity contribution is 5.06. The zero-order valence-corrected chi connectivity index (χ0v) is 7.77. The van der Waals surface area contributed by atoms with Crippen LogP contribution in [0.1, 0.15) is 20.8 Å². The third-order valence-corrected chi connectivity index (χ3v) is 1.67. The van der Waals surface area contributed by atoms with Crippen LogP contribution in [0.4, 0.5) is 0 Å². The summed E-state index contributed by atoms with van der Waals surface area (Å²) in [6.45, 7) is 6.62. The number of ether oxygens (including phenoxy) is 1. The van der Waals surface area contributed by atoms with Gasteiger partial charge in [-0.2, -0.15) is 0 Å². The summed E-state index contributed by atoms with van der Waals surface area (Å²) < 4.78 is 5.47. The number of hydrogen-bond acceptors (Lipinski definition) is 2. The van der Waals surface area contributed by atoms with E-state index in [9.17, 15) is 0 Å². The molecule has 0 heterocycles. The molecule has 0 aliphatic heterocycles. The average Bonchev–Trinajstić information content (AvgIpc) is 1.89. The molecule has 0 radical (unpaired) electrons. The van der Waals surface area contributed by atoms with Crippen LogP contribution in [-0.4, -0.2) is 25.3 Å². The van der Waals surface area contributed by atoms with E-state index in [4.69, 9.17) is 11.2 Å². The lowest BCUT2D eigenvalue weighted by Crippen LogP contribution is -2.46. The highest BCUT2D eigenvalue weighted by Crippen LogP contribution is 2.13. The Bertz CT molecular complexity index is 146. The average molecular weight is 155 g/mol. The van der Waals surface area contributed by atoms with Crippen molar-refractivity contribution in [1.82, 2.24) is 5.32 Å². The van der Waals surface area contributed by atoms with E-state index in [1.54, 1.807) is 0 Å². The predicted molar refractivity (Wildman–Crippen MR) is 47.4 cm³/mol. The summed E-state index contributed by atoms with van der Waals surface area (Å²) in [4.78, 5) is 0. The Morgan fingerprint density at radius 1 is 1.64 bits per heavy atom. The smallest absolute Gasteiger partial charge is 0.0973 e. The van der Waals surface area contributed by atoms with Gasteiger partial charge in [0.05, 0.1) is 11.6 Å². The second-order valence-corrected chi connectivity index (χ2v) is 2.92. The lowest BCUT2D eigenvalue weighted by Gasteiger charge is -2.30. The number of rotatable bonds is 4. The van der Waals surface area contributed by atoms with Crippen LogP contribution in [0, 0.1) is 12.3 Å². The Balaban J connectivity index is 4.15. The SMILES string of the molecule is C#CC(NC)C(C)(C)OCC. The van der Waals surface area contributed by atoms with E-state index in [1.807, 2.05) is 27.8 Å². The van der Waals surface area contributed by atoms with E-state index in [2.05, 4.69) is 11.2 Å². The van der Waals surface area contributed by atoms with Crippen molar-refractivity contribution in [2.24, 2.45) is 0 Å². The van der Waals surface area contributed by atoms with Crippen LogP contribution in [0.15, 0.2) is 0 Å². The van der Waals surface area contributed by atoms with Crippen LogP contribution >= 0.6 is 0 Å². The fraction of sp³-hybridized carbons (Fsp3) is 0.778. The van der Waals surface area contributed by atoms with Gasteiger partial charge in [0, 0.05) is 6.61 Å². The summed E-state index contributed by atoms with van der Waals surface area (Å²) in [5.41, 5.74) is -0.280. The standard InChI is InChI=1S/C9H17NO/c1-6-8(10-5)9(3,4)11-7-2/h1,8,10H,7H2,2-5H3. The van der Waals surface area contributed by atoms with Crippen molar-refractivity contribution in [3.05, 3.63) is 0 Å². The molecule has 0 saturated heterocycles. The molecule has 0 bridgehead atoms. The van der Waals surface area contributed by atoms with E-state index in [1.165, 1.54) is 0 Å². The van der Waals surface area contributed by atoms with Crippen LogP contribution in [0.3, 0.4) is 0 Å². The van der Waals surface area contributed by atoms with Crippen LogP contribution in [-0.2, 0) is 4.74 Å². The molecule has 0 saturated carbocycles. The lowest BCUT2D eigenvalue weighted by molar-refractivity contribution is -0.0230. The molecule has 1 unspecified atom stereocenters. The molecule has 11 heavy (non-hydrogen) atoms. The van der Waals surface area contributed by atoms with Crippen molar-refractivity contribution in [3.63, 3.8) is 0 Å². The molecule has 0 aromatic carbocycles. The number of hydrogen-bond donors (Lipinski definition) is 1. The second-order valence-electron chi connectivity index (χ2n) is 2.92. The maximum Gasteiger partial charge on any atom is 0.0973 e. The van der Waals surface area contributed by atoms with Crippen LogP contribution in [0.25, 0.3) is 0 Å². The van der Waals surface area contributed by atoms with Crippen molar-refractivity contribution >= 4 is 0 Å². The number of terminal acetylenes is 1. The number of nitrogens with one attached hydrogen (secondary N) is 1. The molecular formula is C9H17NO. The summed E-state index contributed by atoms with van der Waals surface area (Å²) in [6.07, 6.45) is 5.31. The van der Waals surface area contributed by atoms with Crippen molar-refractivity contribution in [2.75, 3.05) is 13.7 Å². The Morgan fingerprint density at radius 2 is 2.18 bits per heavy atom. The van der Waals surface area contributed by atoms with E-state index < -0.39 is 0 Å². The monoisotopic (exact) mass is 155 g/mol. The fourth-order valence-electron chi connectivity index (χ4n) is 1.09. The first-order valence-corrected chi connectivity index (χ1v) is 3.85. The van der Waals surface area contributed by atoms with Crippen LogP contribution < -0.4 is 5.32 Å². The van der Waals surface area contributed by atoms with E-state index in [-0.39, 0.29) is 11.6 Å². The molecule has 0 aliphatic carbocycles. The van der Waals surface area contributed by atoms with Crippen LogP contribution in [0.2, 0.25) is 0 Å². The minimum absolute atomic E-state index is 0.0255. The zero-order chi connectivity index (χ0) is 8.91.